The van der Waals surface area contributed by atoms with Crippen LogP contribution in [-0.4, -0.2) is 19.8 Å². The summed E-state index contributed by atoms with van der Waals surface area (Å²) in [5, 5.41) is 0.406. The van der Waals surface area contributed by atoms with Gasteiger partial charge in [-0.1, -0.05) is 6.92 Å². The van der Waals surface area contributed by atoms with Crippen molar-refractivity contribution in [2.75, 3.05) is 0 Å². The van der Waals surface area contributed by atoms with Gasteiger partial charge in [-0.25, -0.2) is 0 Å². The van der Waals surface area contributed by atoms with Gasteiger partial charge in [-0.15, -0.1) is 0 Å². The van der Waals surface area contributed by atoms with Gasteiger partial charge in [0.1, 0.15) is 0 Å². The van der Waals surface area contributed by atoms with Gasteiger partial charge in [0.05, 0.1) is 0 Å². The fourth-order valence-corrected chi connectivity index (χ4v) is 0.994. The van der Waals surface area contributed by atoms with Crippen LogP contribution in [0.15, 0.2) is 0 Å². The van der Waals surface area contributed by atoms with Crippen LogP contribution in [0.25, 0.3) is 0 Å². The van der Waals surface area contributed by atoms with Crippen LogP contribution in [0, 0.1) is 0 Å². The zero-order chi connectivity index (χ0) is 5.70. The lowest BCUT2D eigenvalue weighted by atomic mass is 10.4. The second kappa shape index (κ2) is 4.68. The maximum Gasteiger partial charge on any atom is 0.225 e. The first kappa shape index (κ1) is 7.53. The van der Waals surface area contributed by atoms with Crippen LogP contribution in [0.2, 0.25) is 6.04 Å². The van der Waals surface area contributed by atoms with E-state index < -0.39 is 0 Å². The monoisotopic (exact) mass is 134 g/mol. The lowest BCUT2D eigenvalue weighted by molar-refractivity contribution is 0.596. The Bertz CT molecular complexity index is 42.7. The van der Waals surface area contributed by atoms with Crippen molar-refractivity contribution in [3.05, 3.63) is 0 Å². The van der Waals surface area contributed by atoms with Gasteiger partial charge < -0.3 is 4.80 Å². The van der Waals surface area contributed by atoms with Gasteiger partial charge in [0.15, 0.2) is 0 Å². The Morgan fingerprint density at radius 1 is 1.86 bits per heavy atom. The molecule has 7 heavy (non-hydrogen) atoms. The molecule has 0 aromatic rings. The highest BCUT2D eigenvalue weighted by Gasteiger charge is 1.96. The molecule has 0 amide bonds. The topological polar surface area (TPSA) is 20.2 Å². The van der Waals surface area contributed by atoms with E-state index in [1.54, 1.807) is 0 Å². The van der Waals surface area contributed by atoms with Crippen molar-refractivity contribution in [1.29, 1.82) is 0 Å². The lowest BCUT2D eigenvalue weighted by Gasteiger charge is -1.99. The van der Waals surface area contributed by atoms with Crippen molar-refractivity contribution in [2.45, 2.75) is 24.6 Å². The molecule has 0 saturated carbocycles. The van der Waals surface area contributed by atoms with Gasteiger partial charge in [-0.05, 0) is 12.5 Å². The van der Waals surface area contributed by atoms with Gasteiger partial charge in [-0.3, -0.25) is 0 Å². The summed E-state index contributed by atoms with van der Waals surface area (Å²) in [6.45, 7) is 2.07. The van der Waals surface area contributed by atoms with Gasteiger partial charge in [0.2, 0.25) is 9.76 Å². The molecule has 0 bridgehead atoms. The van der Waals surface area contributed by atoms with E-state index in [1.165, 1.54) is 0 Å². The standard InChI is InChI=1S/C4H10OSSi/c1-2-4(6)3-7-5/h4-6H,2-3H2,1H3. The van der Waals surface area contributed by atoms with Crippen LogP contribution in [0.1, 0.15) is 13.3 Å². The van der Waals surface area contributed by atoms with Crippen molar-refractivity contribution in [1.82, 2.24) is 0 Å². The van der Waals surface area contributed by atoms with Crippen molar-refractivity contribution in [3.63, 3.8) is 0 Å². The molecular formula is C4H10OSSi. The largest absolute Gasteiger partial charge is 0.432 e. The maximum atomic E-state index is 8.35. The Morgan fingerprint density at radius 2 is 2.43 bits per heavy atom. The van der Waals surface area contributed by atoms with Crippen molar-refractivity contribution in [3.8, 4) is 0 Å². The van der Waals surface area contributed by atoms with E-state index in [2.05, 4.69) is 19.6 Å². The molecule has 0 spiro atoms. The minimum Gasteiger partial charge on any atom is -0.432 e. The second-order valence-corrected chi connectivity index (χ2v) is 2.88. The van der Waals surface area contributed by atoms with Gasteiger partial charge >= 0.3 is 0 Å². The summed E-state index contributed by atoms with van der Waals surface area (Å²) in [5.41, 5.74) is 0. The Morgan fingerprint density at radius 3 is 2.57 bits per heavy atom. The van der Waals surface area contributed by atoms with Crippen LogP contribution in [0.5, 0.6) is 0 Å². The van der Waals surface area contributed by atoms with E-state index >= 15 is 0 Å². The first-order valence-electron chi connectivity index (χ1n) is 2.36. The van der Waals surface area contributed by atoms with Crippen LogP contribution >= 0.6 is 12.6 Å². The zero-order valence-electron chi connectivity index (χ0n) is 4.39. The molecule has 0 rings (SSSR count). The van der Waals surface area contributed by atoms with E-state index in [0.29, 0.717) is 5.25 Å². The summed E-state index contributed by atoms with van der Waals surface area (Å²) in [6, 6.07) is 0.847. The number of hydrogen-bond acceptors (Lipinski definition) is 2. The minimum absolute atomic E-state index is 0.0685. The molecule has 3 heteroatoms. The molecule has 0 aliphatic carbocycles. The molecule has 1 atom stereocenters. The Hall–Kier alpha value is 0.527. The highest BCUT2D eigenvalue weighted by Crippen LogP contribution is 2.03. The average Bonchev–Trinajstić information content (AvgIpc) is 1.68. The van der Waals surface area contributed by atoms with Crippen molar-refractivity contribution >= 4 is 22.4 Å². The third-order valence-electron chi connectivity index (χ3n) is 0.798. The molecule has 2 radical (unpaired) electrons. The Balaban J connectivity index is 2.83. The summed E-state index contributed by atoms with van der Waals surface area (Å²) in [6.07, 6.45) is 1.05. The molecule has 1 N–H and O–H groups in total. The highest BCUT2D eigenvalue weighted by molar-refractivity contribution is 7.81. The first-order chi connectivity index (χ1) is 3.31. The summed E-state index contributed by atoms with van der Waals surface area (Å²) < 4.78 is 0. The summed E-state index contributed by atoms with van der Waals surface area (Å²) in [7, 11) is 0.0685. The van der Waals surface area contributed by atoms with E-state index in [1.807, 2.05) is 0 Å². The zero-order valence-corrected chi connectivity index (χ0v) is 6.28. The molecule has 0 aromatic heterocycles. The van der Waals surface area contributed by atoms with Gasteiger partial charge in [0, 0.05) is 5.25 Å². The fraction of sp³-hybridized carbons (Fsp3) is 1.00. The van der Waals surface area contributed by atoms with Crippen molar-refractivity contribution in [2.24, 2.45) is 0 Å². The summed E-state index contributed by atoms with van der Waals surface area (Å²) in [5.74, 6) is 0. The molecular weight excluding hydrogens is 124 g/mol. The average molecular weight is 134 g/mol. The van der Waals surface area contributed by atoms with Gasteiger partial charge in [-0.2, -0.15) is 12.6 Å². The van der Waals surface area contributed by atoms with Gasteiger partial charge in [0.25, 0.3) is 0 Å². The predicted molar refractivity (Wildman–Crippen MR) is 35.8 cm³/mol. The maximum absolute atomic E-state index is 8.35. The molecule has 1 unspecified atom stereocenters. The molecule has 0 aliphatic rings. The van der Waals surface area contributed by atoms with Crippen LogP contribution in [-0.2, 0) is 0 Å². The Labute approximate surface area is 52.5 Å². The number of rotatable bonds is 3. The van der Waals surface area contributed by atoms with E-state index in [9.17, 15) is 0 Å². The number of thiol groups is 1. The number of hydrogen-bond donors (Lipinski definition) is 2. The van der Waals surface area contributed by atoms with E-state index in [0.717, 1.165) is 12.5 Å². The summed E-state index contributed by atoms with van der Waals surface area (Å²) in [4.78, 5) is 8.35. The van der Waals surface area contributed by atoms with Crippen LogP contribution in [0.3, 0.4) is 0 Å². The molecule has 0 aliphatic heterocycles. The predicted octanol–water partition coefficient (Wildman–Crippen LogP) is 0.725. The molecule has 42 valence electrons. The normalized spacial score (nSPS) is 14.1. The van der Waals surface area contributed by atoms with E-state index in [-0.39, 0.29) is 9.76 Å². The molecule has 0 saturated heterocycles. The Kier molecular flexibility index (Phi) is 5.03. The SMILES string of the molecule is CCC(S)C[Si]O. The van der Waals surface area contributed by atoms with Crippen LogP contribution in [0.4, 0.5) is 0 Å². The fourth-order valence-electron chi connectivity index (χ4n) is 0.250. The smallest absolute Gasteiger partial charge is 0.225 e. The molecule has 0 fully saturated rings. The molecule has 1 nitrogen and oxygen atoms in total. The third-order valence-corrected chi connectivity index (χ3v) is 2.36. The summed E-state index contributed by atoms with van der Waals surface area (Å²) >= 11 is 4.16. The van der Waals surface area contributed by atoms with Crippen molar-refractivity contribution < 1.29 is 4.80 Å². The minimum atomic E-state index is 0.0685. The first-order valence-corrected chi connectivity index (χ1v) is 4.03. The quantitative estimate of drug-likeness (QED) is 0.430. The van der Waals surface area contributed by atoms with E-state index in [4.69, 9.17) is 4.80 Å². The van der Waals surface area contributed by atoms with Crippen LogP contribution < -0.4 is 0 Å². The third kappa shape index (κ3) is 4.38. The molecule has 0 aromatic carbocycles. The second-order valence-electron chi connectivity index (χ2n) is 1.42. The highest BCUT2D eigenvalue weighted by atomic mass is 32.1. The lowest BCUT2D eigenvalue weighted by Crippen LogP contribution is -1.99. The molecule has 0 heterocycles.